The van der Waals surface area contributed by atoms with E-state index in [0.717, 1.165) is 18.5 Å². The number of piperidine rings is 1. The van der Waals surface area contributed by atoms with E-state index in [4.69, 9.17) is 11.5 Å². The van der Waals surface area contributed by atoms with E-state index in [1.54, 1.807) is 35.9 Å². The van der Waals surface area contributed by atoms with Gasteiger partial charge in [0.05, 0.1) is 17.3 Å². The number of anilines is 1. The molecular weight excluding hydrogens is 476 g/mol. The number of β-amino-alcohol motifs (C(OH)–C–C–N with tert-alkyl or cyclic N) is 1. The maximum atomic E-state index is 12.7. The number of piperazine rings is 1. The molecule has 2 aromatic rings. The summed E-state index contributed by atoms with van der Waals surface area (Å²) in [6.45, 7) is 6.89. The molecular formula is C25H36N8O4. The van der Waals surface area contributed by atoms with Crippen molar-refractivity contribution in [3.63, 3.8) is 0 Å². The number of carbonyl (C=O) groups excluding carboxylic acids is 2. The van der Waals surface area contributed by atoms with Crippen molar-refractivity contribution in [1.29, 1.82) is 0 Å². The van der Waals surface area contributed by atoms with Crippen LogP contribution in [0.15, 0.2) is 41.3 Å². The molecule has 0 saturated carbocycles. The first-order chi connectivity index (χ1) is 17.5. The molecule has 1 aromatic heterocycles. The second kappa shape index (κ2) is 11.0. The lowest BCUT2D eigenvalue weighted by atomic mass is 10.0. The second-order valence-electron chi connectivity index (χ2n) is 10.3. The third-order valence-electron chi connectivity index (χ3n) is 6.78. The van der Waals surface area contributed by atoms with Crippen LogP contribution in [0, 0.1) is 0 Å². The quantitative estimate of drug-likeness (QED) is 0.418. The summed E-state index contributed by atoms with van der Waals surface area (Å²) in [6, 6.07) is 8.58. The van der Waals surface area contributed by atoms with Crippen LogP contribution in [0.3, 0.4) is 0 Å². The van der Waals surface area contributed by atoms with Crippen molar-refractivity contribution >= 4 is 17.8 Å². The number of aliphatic hydroxyl groups is 1. The van der Waals surface area contributed by atoms with Crippen LogP contribution >= 0.6 is 0 Å². The summed E-state index contributed by atoms with van der Waals surface area (Å²) < 4.78 is 1.40. The smallest absolute Gasteiger partial charge is 0.354 e. The molecule has 0 bridgehead atoms. The molecule has 12 nitrogen and oxygen atoms in total. The molecule has 3 amide bonds. The fraction of sp³-hybridized carbons (Fsp3) is 0.520. The molecule has 200 valence electrons. The predicted octanol–water partition coefficient (Wildman–Crippen LogP) is -0.460. The first kappa shape index (κ1) is 26.7. The number of hydrogen-bond donors (Lipinski definition) is 4. The Hall–Kier alpha value is -3.32. The zero-order chi connectivity index (χ0) is 26.7. The Morgan fingerprint density at radius 1 is 1.08 bits per heavy atom. The lowest BCUT2D eigenvalue weighted by molar-refractivity contribution is -0.137. The van der Waals surface area contributed by atoms with Crippen LogP contribution in [-0.4, -0.2) is 98.2 Å². The van der Waals surface area contributed by atoms with Gasteiger partial charge in [-0.3, -0.25) is 19.6 Å². The van der Waals surface area contributed by atoms with E-state index in [1.807, 2.05) is 24.3 Å². The lowest BCUT2D eigenvalue weighted by Crippen LogP contribution is -2.58. The average molecular weight is 513 g/mol. The number of benzene rings is 1. The molecule has 1 aromatic carbocycles. The van der Waals surface area contributed by atoms with Gasteiger partial charge in [-0.1, -0.05) is 12.1 Å². The van der Waals surface area contributed by atoms with Gasteiger partial charge in [-0.25, -0.2) is 9.59 Å². The van der Waals surface area contributed by atoms with E-state index in [2.05, 4.69) is 15.2 Å². The van der Waals surface area contributed by atoms with Crippen molar-refractivity contribution < 1.29 is 14.7 Å². The predicted molar refractivity (Wildman–Crippen MR) is 139 cm³/mol. The Morgan fingerprint density at radius 2 is 1.73 bits per heavy atom. The average Bonchev–Trinajstić information content (AvgIpc) is 2.86. The minimum absolute atomic E-state index is 0.152. The van der Waals surface area contributed by atoms with Crippen molar-refractivity contribution in [3.8, 4) is 5.69 Å². The molecule has 2 saturated heterocycles. The third kappa shape index (κ3) is 6.52. The van der Waals surface area contributed by atoms with Crippen molar-refractivity contribution in [2.75, 3.05) is 44.6 Å². The van der Waals surface area contributed by atoms with Gasteiger partial charge < -0.3 is 26.4 Å². The maximum Gasteiger partial charge on any atom is 0.354 e. The molecule has 0 aliphatic carbocycles. The SMILES string of the molecule is CC(C)(N)C(=O)N1CCN(C(=O)Nc2ccn(-c3ccc(CN4CCC(N)C(O)C4)cc3)c(=O)n2)CC1. The number of hydrogen-bond acceptors (Lipinski definition) is 8. The number of rotatable bonds is 5. The number of amides is 3. The Kier molecular flexibility index (Phi) is 7.93. The van der Waals surface area contributed by atoms with Crippen LogP contribution < -0.4 is 22.5 Å². The van der Waals surface area contributed by atoms with Crippen LogP contribution in [0.5, 0.6) is 0 Å². The van der Waals surface area contributed by atoms with Gasteiger partial charge in [0.1, 0.15) is 5.82 Å². The Bertz CT molecular complexity index is 1170. The first-order valence-corrected chi connectivity index (χ1v) is 12.5. The van der Waals surface area contributed by atoms with E-state index in [0.29, 0.717) is 45.0 Å². The summed E-state index contributed by atoms with van der Waals surface area (Å²) in [7, 11) is 0. The summed E-state index contributed by atoms with van der Waals surface area (Å²) in [5.41, 5.74) is 12.0. The highest BCUT2D eigenvalue weighted by atomic mass is 16.3. The van der Waals surface area contributed by atoms with E-state index < -0.39 is 17.3 Å². The van der Waals surface area contributed by atoms with E-state index in [9.17, 15) is 19.5 Å². The Morgan fingerprint density at radius 3 is 2.32 bits per heavy atom. The maximum absolute atomic E-state index is 12.7. The molecule has 2 unspecified atom stereocenters. The Balaban J connectivity index is 1.32. The normalized spacial score (nSPS) is 21.1. The molecule has 6 N–H and O–H groups in total. The second-order valence-corrected chi connectivity index (χ2v) is 10.3. The number of nitrogens with two attached hydrogens (primary N) is 2. The summed E-state index contributed by atoms with van der Waals surface area (Å²) in [5.74, 6) is 0.00669. The van der Waals surface area contributed by atoms with Crippen LogP contribution in [0.2, 0.25) is 0 Å². The molecule has 3 heterocycles. The molecule has 2 aliphatic heterocycles. The standard InChI is InChI=1S/C25H36N8O4/c1-25(2,27)22(35)31-11-13-32(14-12-31)23(36)28-21-8-10-33(24(37)29-21)18-5-3-17(4-6-18)15-30-9-7-19(26)20(34)16-30/h3-6,8,10,19-20,34H,7,9,11-16,26-27H2,1-2H3,(H,28,29,36,37). The fourth-order valence-corrected chi connectivity index (χ4v) is 4.56. The fourth-order valence-electron chi connectivity index (χ4n) is 4.56. The van der Waals surface area contributed by atoms with Gasteiger partial charge in [-0.05, 0) is 44.0 Å². The minimum atomic E-state index is -0.954. The summed E-state index contributed by atoms with van der Waals surface area (Å²) in [6.07, 6.45) is 1.81. The number of aliphatic hydroxyl groups excluding tert-OH is 1. The van der Waals surface area contributed by atoms with Crippen LogP contribution in [0.25, 0.3) is 5.69 Å². The van der Waals surface area contributed by atoms with Crippen molar-refractivity contribution in [2.45, 2.75) is 44.5 Å². The van der Waals surface area contributed by atoms with Gasteiger partial charge in [0.2, 0.25) is 5.91 Å². The zero-order valence-corrected chi connectivity index (χ0v) is 21.3. The van der Waals surface area contributed by atoms with Crippen LogP contribution in [0.4, 0.5) is 10.6 Å². The summed E-state index contributed by atoms with van der Waals surface area (Å²) in [4.78, 5) is 47.0. The lowest BCUT2D eigenvalue weighted by Gasteiger charge is -2.37. The number of carbonyl (C=O) groups is 2. The van der Waals surface area contributed by atoms with Gasteiger partial charge >= 0.3 is 11.7 Å². The molecule has 0 spiro atoms. The molecule has 12 heteroatoms. The van der Waals surface area contributed by atoms with Gasteiger partial charge in [-0.2, -0.15) is 4.98 Å². The number of likely N-dealkylation sites (tertiary alicyclic amines) is 1. The largest absolute Gasteiger partial charge is 0.390 e. The molecule has 37 heavy (non-hydrogen) atoms. The molecule has 0 radical (unpaired) electrons. The third-order valence-corrected chi connectivity index (χ3v) is 6.78. The van der Waals surface area contributed by atoms with Crippen molar-refractivity contribution in [2.24, 2.45) is 11.5 Å². The molecule has 2 aliphatic rings. The highest BCUT2D eigenvalue weighted by molar-refractivity contribution is 5.89. The number of nitrogens with one attached hydrogen (secondary N) is 1. The summed E-state index contributed by atoms with van der Waals surface area (Å²) >= 11 is 0. The number of urea groups is 1. The van der Waals surface area contributed by atoms with Crippen LogP contribution in [-0.2, 0) is 11.3 Å². The Labute approximate surface area is 215 Å². The number of aromatic nitrogens is 2. The van der Waals surface area contributed by atoms with Gasteiger partial charge in [-0.15, -0.1) is 0 Å². The summed E-state index contributed by atoms with van der Waals surface area (Å²) in [5, 5.41) is 12.7. The minimum Gasteiger partial charge on any atom is -0.390 e. The first-order valence-electron chi connectivity index (χ1n) is 12.5. The number of nitrogens with zero attached hydrogens (tertiary/aromatic N) is 5. The highest BCUT2D eigenvalue weighted by Crippen LogP contribution is 2.16. The molecule has 4 rings (SSSR count). The highest BCUT2D eigenvalue weighted by Gasteiger charge is 2.31. The van der Waals surface area contributed by atoms with Crippen LogP contribution in [0.1, 0.15) is 25.8 Å². The van der Waals surface area contributed by atoms with Crippen molar-refractivity contribution in [1.82, 2.24) is 24.3 Å². The zero-order valence-electron chi connectivity index (χ0n) is 21.3. The van der Waals surface area contributed by atoms with Gasteiger partial charge in [0, 0.05) is 58.1 Å². The molecule has 2 atom stereocenters. The van der Waals surface area contributed by atoms with E-state index >= 15 is 0 Å². The van der Waals surface area contributed by atoms with Gasteiger partial charge in [0.15, 0.2) is 0 Å². The monoisotopic (exact) mass is 512 g/mol. The topological polar surface area (TPSA) is 163 Å². The van der Waals surface area contributed by atoms with E-state index in [1.165, 1.54) is 4.57 Å². The van der Waals surface area contributed by atoms with Gasteiger partial charge in [0.25, 0.3) is 0 Å². The van der Waals surface area contributed by atoms with Crippen molar-refractivity contribution in [3.05, 3.63) is 52.6 Å². The molecule has 2 fully saturated rings. The van der Waals surface area contributed by atoms with E-state index in [-0.39, 0.29) is 23.8 Å².